The number of benzene rings is 2. The highest BCUT2D eigenvalue weighted by atomic mass is 16.5. The number of nitrogen functional groups attached to an aromatic ring is 1. The molecule has 0 atom stereocenters. The molecule has 2 N–H and O–H groups in total. The van der Waals surface area contributed by atoms with Crippen molar-refractivity contribution in [2.45, 2.75) is 18.3 Å². The van der Waals surface area contributed by atoms with E-state index in [-0.39, 0.29) is 5.41 Å². The smallest absolute Gasteiger partial charge is 0.271 e. The summed E-state index contributed by atoms with van der Waals surface area (Å²) in [4.78, 5) is 4.36. The zero-order chi connectivity index (χ0) is 18.4. The van der Waals surface area contributed by atoms with Gasteiger partial charge in [-0.2, -0.15) is 9.61 Å². The SMILES string of the molecule is COc1ccc(C2(c3cc(N)ccc3-c3cnc4nncn4n3)CC2)cc1. The van der Waals surface area contributed by atoms with Gasteiger partial charge >= 0.3 is 0 Å². The second-order valence-corrected chi connectivity index (χ2v) is 6.83. The van der Waals surface area contributed by atoms with Gasteiger partial charge in [0.15, 0.2) is 0 Å². The highest BCUT2D eigenvalue weighted by Gasteiger charge is 2.47. The second-order valence-electron chi connectivity index (χ2n) is 6.83. The normalized spacial score (nSPS) is 15.0. The molecular formula is C20H18N6O. The molecule has 0 spiro atoms. The molecule has 5 rings (SSSR count). The van der Waals surface area contributed by atoms with Gasteiger partial charge in [0.2, 0.25) is 0 Å². The lowest BCUT2D eigenvalue weighted by Gasteiger charge is -2.21. The van der Waals surface area contributed by atoms with E-state index in [0.717, 1.165) is 35.5 Å². The van der Waals surface area contributed by atoms with Crippen LogP contribution in [0.15, 0.2) is 55.0 Å². The van der Waals surface area contributed by atoms with E-state index in [1.165, 1.54) is 11.1 Å². The number of aromatic nitrogens is 5. The predicted molar refractivity (Wildman–Crippen MR) is 101 cm³/mol. The molecule has 2 aromatic heterocycles. The number of ether oxygens (including phenoxy) is 1. The van der Waals surface area contributed by atoms with Gasteiger partial charge in [-0.25, -0.2) is 4.98 Å². The van der Waals surface area contributed by atoms with Gasteiger partial charge in [0.1, 0.15) is 17.8 Å². The summed E-state index contributed by atoms with van der Waals surface area (Å²) < 4.78 is 6.89. The Labute approximate surface area is 155 Å². The van der Waals surface area contributed by atoms with E-state index in [0.29, 0.717) is 5.78 Å². The Morgan fingerprint density at radius 1 is 1.11 bits per heavy atom. The number of rotatable bonds is 4. The number of nitrogens with two attached hydrogens (primary N) is 1. The van der Waals surface area contributed by atoms with Crippen molar-refractivity contribution in [2.75, 3.05) is 12.8 Å². The first kappa shape index (κ1) is 15.7. The quantitative estimate of drug-likeness (QED) is 0.564. The summed E-state index contributed by atoms with van der Waals surface area (Å²) in [5, 5.41) is 12.4. The fourth-order valence-corrected chi connectivity index (χ4v) is 3.69. The Morgan fingerprint density at radius 3 is 2.67 bits per heavy atom. The number of hydrogen-bond acceptors (Lipinski definition) is 6. The van der Waals surface area contributed by atoms with Gasteiger partial charge in [0.25, 0.3) is 5.78 Å². The summed E-state index contributed by atoms with van der Waals surface area (Å²) in [6, 6.07) is 14.3. The van der Waals surface area contributed by atoms with Crippen molar-refractivity contribution >= 4 is 11.5 Å². The molecule has 0 saturated heterocycles. The molecule has 1 aliphatic rings. The fraction of sp³-hybridized carbons (Fsp3) is 0.200. The number of nitrogens with zero attached hydrogens (tertiary/aromatic N) is 5. The molecule has 27 heavy (non-hydrogen) atoms. The zero-order valence-corrected chi connectivity index (χ0v) is 14.8. The van der Waals surface area contributed by atoms with Gasteiger partial charge in [0, 0.05) is 16.7 Å². The maximum Gasteiger partial charge on any atom is 0.271 e. The third kappa shape index (κ3) is 2.51. The number of fused-ring (bicyclic) bond motifs is 1. The van der Waals surface area contributed by atoms with Crippen LogP contribution in [0.1, 0.15) is 24.0 Å². The Kier molecular flexibility index (Phi) is 3.36. The minimum Gasteiger partial charge on any atom is -0.497 e. The Morgan fingerprint density at radius 2 is 1.93 bits per heavy atom. The average molecular weight is 358 g/mol. The molecule has 7 nitrogen and oxygen atoms in total. The van der Waals surface area contributed by atoms with Gasteiger partial charge in [-0.3, -0.25) is 0 Å². The molecule has 1 fully saturated rings. The van der Waals surface area contributed by atoms with Gasteiger partial charge in [0.05, 0.1) is 13.3 Å². The van der Waals surface area contributed by atoms with Crippen LogP contribution in [0.25, 0.3) is 17.0 Å². The molecule has 0 aliphatic heterocycles. The highest BCUT2D eigenvalue weighted by Crippen LogP contribution is 2.56. The average Bonchev–Trinajstić information content (AvgIpc) is 3.38. The maximum absolute atomic E-state index is 6.15. The van der Waals surface area contributed by atoms with Crippen LogP contribution in [0.4, 0.5) is 5.69 Å². The van der Waals surface area contributed by atoms with Crippen LogP contribution in [0.3, 0.4) is 0 Å². The van der Waals surface area contributed by atoms with E-state index in [1.54, 1.807) is 24.1 Å². The summed E-state index contributed by atoms with van der Waals surface area (Å²) in [5.41, 5.74) is 11.1. The maximum atomic E-state index is 6.15. The lowest BCUT2D eigenvalue weighted by molar-refractivity contribution is 0.414. The monoisotopic (exact) mass is 358 g/mol. The van der Waals surface area contributed by atoms with Gasteiger partial charge < -0.3 is 10.5 Å². The molecule has 0 unspecified atom stereocenters. The minimum atomic E-state index is -0.0548. The molecule has 1 saturated carbocycles. The van der Waals surface area contributed by atoms with Crippen LogP contribution in [-0.4, -0.2) is 31.9 Å². The number of methoxy groups -OCH3 is 1. The van der Waals surface area contributed by atoms with Crippen molar-refractivity contribution in [1.29, 1.82) is 0 Å². The van der Waals surface area contributed by atoms with E-state index >= 15 is 0 Å². The molecule has 134 valence electrons. The molecule has 7 heteroatoms. The van der Waals surface area contributed by atoms with Crippen molar-refractivity contribution in [3.63, 3.8) is 0 Å². The van der Waals surface area contributed by atoms with E-state index in [2.05, 4.69) is 38.5 Å². The predicted octanol–water partition coefficient (Wildman–Crippen LogP) is 2.86. The fourth-order valence-electron chi connectivity index (χ4n) is 3.69. The summed E-state index contributed by atoms with van der Waals surface area (Å²) >= 11 is 0. The van der Waals surface area contributed by atoms with E-state index in [9.17, 15) is 0 Å². The molecule has 1 aliphatic carbocycles. The number of anilines is 1. The molecule has 0 radical (unpaired) electrons. The van der Waals surface area contributed by atoms with Crippen LogP contribution in [0.5, 0.6) is 5.75 Å². The highest BCUT2D eigenvalue weighted by molar-refractivity contribution is 5.71. The van der Waals surface area contributed by atoms with Crippen molar-refractivity contribution in [3.05, 3.63) is 66.1 Å². The van der Waals surface area contributed by atoms with Crippen molar-refractivity contribution in [3.8, 4) is 17.0 Å². The summed E-state index contributed by atoms with van der Waals surface area (Å²) in [6.45, 7) is 0. The van der Waals surface area contributed by atoms with Gasteiger partial charge in [-0.1, -0.05) is 18.2 Å². The standard InChI is InChI=1S/C20H18N6O/c1-27-15-5-2-13(3-6-15)20(8-9-20)17-10-14(21)4-7-16(17)18-11-22-19-24-23-12-26(19)25-18/h2-7,10-12H,8-9,21H2,1H3. The third-order valence-corrected chi connectivity index (χ3v) is 5.26. The molecule has 2 aromatic carbocycles. The molecular weight excluding hydrogens is 340 g/mol. The minimum absolute atomic E-state index is 0.0548. The Hall–Kier alpha value is -3.48. The topological polar surface area (TPSA) is 91.2 Å². The first-order valence-corrected chi connectivity index (χ1v) is 8.78. The molecule has 0 amide bonds. The van der Waals surface area contributed by atoms with Crippen molar-refractivity contribution < 1.29 is 4.74 Å². The van der Waals surface area contributed by atoms with Crippen molar-refractivity contribution in [1.82, 2.24) is 24.8 Å². The van der Waals surface area contributed by atoms with Gasteiger partial charge in [-0.15, -0.1) is 10.2 Å². The lowest BCUT2D eigenvalue weighted by Crippen LogP contribution is -2.12. The molecule has 4 aromatic rings. The largest absolute Gasteiger partial charge is 0.497 e. The van der Waals surface area contributed by atoms with Crippen LogP contribution in [-0.2, 0) is 5.41 Å². The first-order valence-electron chi connectivity index (χ1n) is 8.78. The summed E-state index contributed by atoms with van der Waals surface area (Å²) in [5.74, 6) is 1.33. The first-order chi connectivity index (χ1) is 13.2. The summed E-state index contributed by atoms with van der Waals surface area (Å²) in [6.07, 6.45) is 5.43. The van der Waals surface area contributed by atoms with E-state index in [1.807, 2.05) is 24.3 Å². The van der Waals surface area contributed by atoms with Crippen LogP contribution >= 0.6 is 0 Å². The van der Waals surface area contributed by atoms with Crippen LogP contribution in [0, 0.1) is 0 Å². The van der Waals surface area contributed by atoms with Crippen LogP contribution < -0.4 is 10.5 Å². The lowest BCUT2D eigenvalue weighted by atomic mass is 9.84. The van der Waals surface area contributed by atoms with Gasteiger partial charge in [-0.05, 0) is 48.2 Å². The molecule has 2 heterocycles. The third-order valence-electron chi connectivity index (χ3n) is 5.26. The number of hydrogen-bond donors (Lipinski definition) is 1. The van der Waals surface area contributed by atoms with E-state index < -0.39 is 0 Å². The van der Waals surface area contributed by atoms with Crippen LogP contribution in [0.2, 0.25) is 0 Å². The Bertz CT molecular complexity index is 1130. The Balaban J connectivity index is 1.66. The second kappa shape index (κ2) is 5.77. The zero-order valence-electron chi connectivity index (χ0n) is 14.8. The molecule has 0 bridgehead atoms. The summed E-state index contributed by atoms with van der Waals surface area (Å²) in [7, 11) is 1.68. The van der Waals surface area contributed by atoms with Crippen molar-refractivity contribution in [2.24, 2.45) is 0 Å². The van der Waals surface area contributed by atoms with E-state index in [4.69, 9.17) is 10.5 Å².